The van der Waals surface area contributed by atoms with Gasteiger partial charge in [0.2, 0.25) is 0 Å². The molecule has 1 saturated heterocycles. The molecular weight excluding hydrogens is 416 g/mol. The molecule has 3 aliphatic rings. The molecule has 1 fully saturated rings. The van der Waals surface area contributed by atoms with Crippen molar-refractivity contribution in [2.24, 2.45) is 0 Å². The molecule has 0 unspecified atom stereocenters. The lowest BCUT2D eigenvalue weighted by molar-refractivity contribution is 0.0763. The minimum absolute atomic E-state index is 0.534. The van der Waals surface area contributed by atoms with Crippen molar-refractivity contribution in [1.29, 1.82) is 0 Å². The van der Waals surface area contributed by atoms with Crippen LogP contribution in [0.15, 0.2) is 48.5 Å². The Balaban J connectivity index is 1.45. The van der Waals surface area contributed by atoms with Crippen molar-refractivity contribution in [1.82, 2.24) is 20.4 Å². The Morgan fingerprint density at radius 1 is 0.576 bits per heavy atom. The Kier molecular flexibility index (Phi) is 9.83. The van der Waals surface area contributed by atoms with Crippen molar-refractivity contribution >= 4 is 0 Å². The van der Waals surface area contributed by atoms with Crippen molar-refractivity contribution in [2.45, 2.75) is 13.1 Å². The molecule has 3 aliphatic heterocycles. The van der Waals surface area contributed by atoms with Crippen LogP contribution >= 0.6 is 0 Å². The highest BCUT2D eigenvalue weighted by molar-refractivity contribution is 5.29. The summed E-state index contributed by atoms with van der Waals surface area (Å²) in [5.41, 5.74) is 2.56. The van der Waals surface area contributed by atoms with E-state index in [0.717, 1.165) is 76.9 Å². The third-order valence-corrected chi connectivity index (χ3v) is 6.02. The number of hydrogen-bond donors (Lipinski definition) is 2. The molecule has 0 aromatic heterocycles. The molecule has 0 atom stereocenters. The molecule has 33 heavy (non-hydrogen) atoms. The van der Waals surface area contributed by atoms with E-state index in [1.54, 1.807) is 0 Å². The summed E-state index contributed by atoms with van der Waals surface area (Å²) in [5.74, 6) is 1.80. The molecule has 0 aliphatic carbocycles. The zero-order chi connectivity index (χ0) is 22.6. The number of rotatable bonds is 0. The smallest absolute Gasteiger partial charge is 0.119 e. The lowest BCUT2D eigenvalue weighted by Gasteiger charge is -2.27. The highest BCUT2D eigenvalue weighted by Crippen LogP contribution is 2.16. The van der Waals surface area contributed by atoms with Crippen molar-refractivity contribution < 1.29 is 14.2 Å². The molecule has 7 nitrogen and oxygen atoms in total. The third kappa shape index (κ3) is 8.61. The fourth-order valence-corrected chi connectivity index (χ4v) is 4.26. The first-order valence-corrected chi connectivity index (χ1v) is 12.2. The van der Waals surface area contributed by atoms with Gasteiger partial charge in [-0.1, -0.05) is 24.3 Å². The Morgan fingerprint density at radius 3 is 1.48 bits per heavy atom. The van der Waals surface area contributed by atoms with E-state index in [1.165, 1.54) is 11.1 Å². The van der Waals surface area contributed by atoms with Gasteiger partial charge in [-0.2, -0.15) is 0 Å². The van der Waals surface area contributed by atoms with Crippen LogP contribution < -0.4 is 20.1 Å². The highest BCUT2D eigenvalue weighted by atomic mass is 16.5. The fourth-order valence-electron chi connectivity index (χ4n) is 4.26. The van der Waals surface area contributed by atoms with E-state index >= 15 is 0 Å². The van der Waals surface area contributed by atoms with Crippen LogP contribution in [-0.2, 0) is 17.8 Å². The topological polar surface area (TPSA) is 58.2 Å². The van der Waals surface area contributed by atoms with Gasteiger partial charge in [0.25, 0.3) is 0 Å². The fraction of sp³-hybridized carbons (Fsp3) is 0.538. The normalized spacial score (nSPS) is 24.0. The van der Waals surface area contributed by atoms with Gasteiger partial charge in [-0.05, 0) is 35.4 Å². The maximum Gasteiger partial charge on any atom is 0.119 e. The van der Waals surface area contributed by atoms with E-state index < -0.39 is 0 Å². The first-order valence-electron chi connectivity index (χ1n) is 12.2. The second-order valence-electron chi connectivity index (χ2n) is 8.66. The van der Waals surface area contributed by atoms with Crippen LogP contribution in [0.25, 0.3) is 0 Å². The first kappa shape index (κ1) is 24.0. The lowest BCUT2D eigenvalue weighted by atomic mass is 10.2. The van der Waals surface area contributed by atoms with Crippen LogP contribution in [0.1, 0.15) is 11.1 Å². The summed E-state index contributed by atoms with van der Waals surface area (Å²) in [7, 11) is 0. The maximum atomic E-state index is 5.92. The van der Waals surface area contributed by atoms with E-state index in [1.807, 2.05) is 12.1 Å². The van der Waals surface area contributed by atoms with Crippen molar-refractivity contribution in [3.05, 3.63) is 59.7 Å². The van der Waals surface area contributed by atoms with E-state index in [4.69, 9.17) is 14.2 Å². The number of ether oxygens (including phenoxy) is 3. The second-order valence-corrected chi connectivity index (χ2v) is 8.66. The zero-order valence-corrected chi connectivity index (χ0v) is 19.6. The van der Waals surface area contributed by atoms with E-state index in [9.17, 15) is 0 Å². The molecule has 2 N–H and O–H groups in total. The van der Waals surface area contributed by atoms with Gasteiger partial charge in [0.15, 0.2) is 0 Å². The van der Waals surface area contributed by atoms with Crippen molar-refractivity contribution in [3.8, 4) is 11.5 Å². The Bertz CT molecular complexity index is 755. The largest absolute Gasteiger partial charge is 0.491 e. The molecule has 0 spiro atoms. The molecular formula is C26H38N4O3. The average molecular weight is 455 g/mol. The molecule has 0 radical (unpaired) electrons. The first-order chi connectivity index (χ1) is 16.3. The van der Waals surface area contributed by atoms with Gasteiger partial charge in [-0.25, -0.2) is 0 Å². The lowest BCUT2D eigenvalue weighted by Crippen LogP contribution is -2.42. The van der Waals surface area contributed by atoms with Crippen molar-refractivity contribution in [2.75, 3.05) is 78.8 Å². The van der Waals surface area contributed by atoms with Crippen molar-refractivity contribution in [3.63, 3.8) is 0 Å². The molecule has 0 amide bonds. The predicted molar refractivity (Wildman–Crippen MR) is 131 cm³/mol. The summed E-state index contributed by atoms with van der Waals surface area (Å²) in [5, 5.41) is 7.29. The molecule has 0 saturated carbocycles. The minimum atomic E-state index is 0.534. The van der Waals surface area contributed by atoms with Gasteiger partial charge >= 0.3 is 0 Å². The molecule has 6 bridgehead atoms. The molecule has 5 rings (SSSR count). The molecule has 2 aromatic carbocycles. The molecule has 3 heterocycles. The summed E-state index contributed by atoms with van der Waals surface area (Å²) in [6.45, 7) is 12.1. The Morgan fingerprint density at radius 2 is 1.03 bits per heavy atom. The molecule has 2 aromatic rings. The summed E-state index contributed by atoms with van der Waals surface area (Å²) >= 11 is 0. The van der Waals surface area contributed by atoms with Gasteiger partial charge in [0.05, 0.1) is 13.2 Å². The number of nitrogens with zero attached hydrogens (tertiary/aromatic N) is 2. The summed E-state index contributed by atoms with van der Waals surface area (Å²) < 4.78 is 17.5. The van der Waals surface area contributed by atoms with Crippen LogP contribution in [0.5, 0.6) is 11.5 Å². The highest BCUT2D eigenvalue weighted by Gasteiger charge is 2.11. The van der Waals surface area contributed by atoms with Gasteiger partial charge in [0.1, 0.15) is 24.7 Å². The second kappa shape index (κ2) is 13.5. The van der Waals surface area contributed by atoms with Crippen LogP contribution in [0.2, 0.25) is 0 Å². The summed E-state index contributed by atoms with van der Waals surface area (Å²) in [6, 6.07) is 16.9. The van der Waals surface area contributed by atoms with Gasteiger partial charge in [-0.3, -0.25) is 9.80 Å². The van der Waals surface area contributed by atoms with Gasteiger partial charge in [0, 0.05) is 65.4 Å². The minimum Gasteiger partial charge on any atom is -0.491 e. The number of benzene rings is 2. The van der Waals surface area contributed by atoms with Gasteiger partial charge in [-0.15, -0.1) is 0 Å². The number of nitrogens with one attached hydrogen (secondary N) is 2. The average Bonchev–Trinajstić information content (AvgIpc) is 2.81. The van der Waals surface area contributed by atoms with E-state index in [0.29, 0.717) is 26.4 Å². The van der Waals surface area contributed by atoms with Crippen LogP contribution in [-0.4, -0.2) is 88.6 Å². The van der Waals surface area contributed by atoms with E-state index in [2.05, 4.69) is 56.8 Å². The molecule has 7 heteroatoms. The standard InChI is InChI=1S/C26H38N4O3/c1-3-23-19-25(5-1)32-17-15-31-16-18-33-26-6-2-4-24(20-26)22-30-13-9-27-7-11-29(21-23)12-8-28-10-14-30/h1-6,19-20,27-28H,7-18,21-22H2. The molecule has 180 valence electrons. The SMILES string of the molecule is c1cc2cc(c1)OCCOCCOc1cccc(c1)CN1CCNCCN(CCNCC1)C2. The van der Waals surface area contributed by atoms with Crippen LogP contribution in [0, 0.1) is 0 Å². The summed E-state index contributed by atoms with van der Waals surface area (Å²) in [6.07, 6.45) is 0. The van der Waals surface area contributed by atoms with Gasteiger partial charge < -0.3 is 24.8 Å². The monoisotopic (exact) mass is 454 g/mol. The Hall–Kier alpha value is -2.16. The zero-order valence-electron chi connectivity index (χ0n) is 19.6. The van der Waals surface area contributed by atoms with E-state index in [-0.39, 0.29) is 0 Å². The third-order valence-electron chi connectivity index (χ3n) is 6.02. The van der Waals surface area contributed by atoms with Crippen LogP contribution in [0.4, 0.5) is 0 Å². The quantitative estimate of drug-likeness (QED) is 0.591. The maximum absolute atomic E-state index is 5.92. The number of hydrogen-bond acceptors (Lipinski definition) is 7. The predicted octanol–water partition coefficient (Wildman–Crippen LogP) is 1.97. The Labute approximate surface area is 198 Å². The van der Waals surface area contributed by atoms with Crippen LogP contribution in [0.3, 0.4) is 0 Å². The number of fused-ring (bicyclic) bond motifs is 14. The summed E-state index contributed by atoms with van der Waals surface area (Å²) in [4.78, 5) is 5.03.